The van der Waals surface area contributed by atoms with Crippen LogP contribution in [0.3, 0.4) is 0 Å². The number of hydrogen-bond acceptors (Lipinski definition) is 9. The van der Waals surface area contributed by atoms with E-state index in [1.54, 1.807) is 6.08 Å². The normalized spacial score (nSPS) is 38.1. The Morgan fingerprint density at radius 3 is 2.47 bits per heavy atom. The number of carbonyl (C=O) groups is 5. The molecule has 0 aromatic rings. The van der Waals surface area contributed by atoms with Crippen LogP contribution in [0.5, 0.6) is 0 Å². The molecule has 1 saturated heterocycles. The van der Waals surface area contributed by atoms with E-state index in [1.165, 1.54) is 0 Å². The number of carboxylic acids is 1. The molecule has 7 atom stereocenters. The van der Waals surface area contributed by atoms with Crippen LogP contribution in [-0.4, -0.2) is 60.4 Å². The number of carboxylic acid groups (broad SMARTS) is 1. The van der Waals surface area contributed by atoms with Crippen molar-refractivity contribution in [3.8, 4) is 0 Å². The molecular weight excluding hydrogens is 496 g/mol. The first kappa shape index (κ1) is 27.9. The number of hydrogen-bond donors (Lipinski definition) is 1. The lowest BCUT2D eigenvalue weighted by Crippen LogP contribution is -2.58. The van der Waals surface area contributed by atoms with Crippen molar-refractivity contribution >= 4 is 29.8 Å². The maximum absolute atomic E-state index is 12.8. The summed E-state index contributed by atoms with van der Waals surface area (Å²) in [5.74, 6) is -4.25. The van der Waals surface area contributed by atoms with Crippen molar-refractivity contribution in [2.75, 3.05) is 13.2 Å². The zero-order valence-electron chi connectivity index (χ0n) is 21.9. The highest BCUT2D eigenvalue weighted by Crippen LogP contribution is 2.62. The van der Waals surface area contributed by atoms with E-state index in [0.717, 1.165) is 12.0 Å². The number of rotatable bonds is 5. The number of ether oxygens (including phenoxy) is 4. The summed E-state index contributed by atoms with van der Waals surface area (Å²) in [6.45, 7) is 8.35. The van der Waals surface area contributed by atoms with Crippen LogP contribution in [0.25, 0.3) is 0 Å². The predicted molar refractivity (Wildman–Crippen MR) is 131 cm³/mol. The van der Waals surface area contributed by atoms with Crippen molar-refractivity contribution < 1.29 is 48.0 Å². The van der Waals surface area contributed by atoms with Crippen LogP contribution in [0.4, 0.5) is 0 Å². The molecule has 38 heavy (non-hydrogen) atoms. The number of fused-ring (bicyclic) bond motifs is 6. The summed E-state index contributed by atoms with van der Waals surface area (Å²) in [6, 6.07) is 0. The molecule has 0 amide bonds. The summed E-state index contributed by atoms with van der Waals surface area (Å²) >= 11 is 0. The van der Waals surface area contributed by atoms with Gasteiger partial charge in [-0.25, -0.2) is 0 Å². The largest absolute Gasteiger partial charge is 0.481 e. The summed E-state index contributed by atoms with van der Waals surface area (Å²) < 4.78 is 22.2. The first-order valence-electron chi connectivity index (χ1n) is 13.2. The van der Waals surface area contributed by atoms with Crippen LogP contribution in [0, 0.1) is 28.6 Å². The third kappa shape index (κ3) is 5.49. The highest BCUT2D eigenvalue weighted by Gasteiger charge is 2.59. The molecule has 5 rings (SSSR count). The molecule has 10 nitrogen and oxygen atoms in total. The highest BCUT2D eigenvalue weighted by atomic mass is 16.6. The van der Waals surface area contributed by atoms with Crippen molar-refractivity contribution in [3.05, 3.63) is 24.3 Å². The first-order valence-corrected chi connectivity index (χ1v) is 13.2. The summed E-state index contributed by atoms with van der Waals surface area (Å²) in [4.78, 5) is 61.0. The number of allylic oxidation sites excluding steroid dienone is 2. The molecule has 5 aliphatic rings. The average Bonchev–Trinajstić information content (AvgIpc) is 3.19. The lowest BCUT2D eigenvalue weighted by Gasteiger charge is -2.60. The quantitative estimate of drug-likeness (QED) is 0.319. The SMILES string of the molecule is C=C1CCC2C(C)(COC(=O)CCC(=O)O)C3CCC2(C)C1/C=C/C1C(=O)OCC1OC(=O)CCC(=O)O3. The van der Waals surface area contributed by atoms with Crippen LogP contribution < -0.4 is 0 Å². The van der Waals surface area contributed by atoms with E-state index in [-0.39, 0.29) is 56.1 Å². The summed E-state index contributed by atoms with van der Waals surface area (Å²) in [7, 11) is 0. The minimum Gasteiger partial charge on any atom is -0.481 e. The molecule has 0 radical (unpaired) electrons. The van der Waals surface area contributed by atoms with E-state index >= 15 is 0 Å². The highest BCUT2D eigenvalue weighted by molar-refractivity contribution is 5.80. The van der Waals surface area contributed by atoms with Gasteiger partial charge in [-0.1, -0.05) is 38.2 Å². The van der Waals surface area contributed by atoms with Gasteiger partial charge in [0.05, 0.1) is 25.7 Å². The average molecular weight is 533 g/mol. The fourth-order valence-corrected chi connectivity index (χ4v) is 6.87. The topological polar surface area (TPSA) is 142 Å². The van der Waals surface area contributed by atoms with Gasteiger partial charge in [0.15, 0.2) is 6.10 Å². The van der Waals surface area contributed by atoms with Crippen molar-refractivity contribution in [2.45, 2.75) is 77.4 Å². The van der Waals surface area contributed by atoms with Crippen molar-refractivity contribution in [2.24, 2.45) is 28.6 Å². The summed E-state index contributed by atoms with van der Waals surface area (Å²) in [5, 5.41) is 8.91. The molecule has 2 saturated carbocycles. The smallest absolute Gasteiger partial charge is 0.316 e. The Kier molecular flexibility index (Phi) is 7.99. The van der Waals surface area contributed by atoms with Crippen LogP contribution >= 0.6 is 0 Å². The molecule has 208 valence electrons. The fraction of sp³-hybridized carbons (Fsp3) is 0.679. The molecule has 3 fully saturated rings. The van der Waals surface area contributed by atoms with Gasteiger partial charge in [-0.05, 0) is 37.0 Å². The lowest BCUT2D eigenvalue weighted by atomic mass is 9.46. The van der Waals surface area contributed by atoms with Gasteiger partial charge in [0.2, 0.25) is 0 Å². The van der Waals surface area contributed by atoms with Crippen LogP contribution in [-0.2, 0) is 42.9 Å². The number of aliphatic carboxylic acids is 1. The molecule has 0 aromatic carbocycles. The van der Waals surface area contributed by atoms with E-state index in [0.29, 0.717) is 19.3 Å². The standard InChI is InChI=1S/C28H36O10/c1-16-4-7-20-27(2)13-12-21(28(20,3)15-36-23(31)9-8-22(29)30)38-25(33)11-10-24(32)37-19-14-35-26(34)17(19)5-6-18(16)27/h5-6,17-21H,1,4,7-15H2,2-3H3,(H,29,30)/b6-5+. The van der Waals surface area contributed by atoms with Crippen LogP contribution in [0.2, 0.25) is 0 Å². The molecule has 4 bridgehead atoms. The molecule has 7 unspecified atom stereocenters. The van der Waals surface area contributed by atoms with Crippen LogP contribution in [0.1, 0.15) is 65.2 Å². The minimum absolute atomic E-state index is 0.0361. The van der Waals surface area contributed by atoms with E-state index in [2.05, 4.69) is 13.5 Å². The van der Waals surface area contributed by atoms with E-state index < -0.39 is 53.4 Å². The Bertz CT molecular complexity index is 1050. The third-order valence-electron chi connectivity index (χ3n) is 8.93. The maximum atomic E-state index is 12.8. The maximum Gasteiger partial charge on any atom is 0.316 e. The second-order valence-corrected chi connectivity index (χ2v) is 11.4. The second-order valence-electron chi connectivity index (χ2n) is 11.4. The Morgan fingerprint density at radius 2 is 1.76 bits per heavy atom. The summed E-state index contributed by atoms with van der Waals surface area (Å²) in [5.41, 5.74) is -0.0872. The Balaban J connectivity index is 1.69. The van der Waals surface area contributed by atoms with E-state index in [1.807, 2.05) is 13.0 Å². The Morgan fingerprint density at radius 1 is 1.05 bits per heavy atom. The van der Waals surface area contributed by atoms with Gasteiger partial charge in [-0.3, -0.25) is 24.0 Å². The van der Waals surface area contributed by atoms with E-state index in [4.69, 9.17) is 24.1 Å². The molecular formula is C28H36O10. The van der Waals surface area contributed by atoms with Gasteiger partial charge in [-0.15, -0.1) is 0 Å². The van der Waals surface area contributed by atoms with Crippen molar-refractivity contribution in [3.63, 3.8) is 0 Å². The minimum atomic E-state index is -1.09. The van der Waals surface area contributed by atoms with Gasteiger partial charge in [0.1, 0.15) is 25.2 Å². The molecule has 0 aromatic heterocycles. The Labute approximate surface area is 221 Å². The van der Waals surface area contributed by atoms with Crippen molar-refractivity contribution in [1.82, 2.24) is 0 Å². The molecule has 1 N–H and O–H groups in total. The molecule has 3 aliphatic heterocycles. The first-order chi connectivity index (χ1) is 17.9. The third-order valence-corrected chi connectivity index (χ3v) is 8.93. The second kappa shape index (κ2) is 10.9. The molecule has 10 heteroatoms. The number of cyclic esters (lactones) is 1. The van der Waals surface area contributed by atoms with Crippen LogP contribution in [0.15, 0.2) is 24.3 Å². The molecule has 0 spiro atoms. The Hall–Kier alpha value is -3.17. The lowest BCUT2D eigenvalue weighted by molar-refractivity contribution is -0.192. The number of esters is 4. The molecule has 3 heterocycles. The van der Waals surface area contributed by atoms with Gasteiger partial charge in [0, 0.05) is 11.3 Å². The monoisotopic (exact) mass is 532 g/mol. The van der Waals surface area contributed by atoms with Gasteiger partial charge >= 0.3 is 29.8 Å². The van der Waals surface area contributed by atoms with E-state index in [9.17, 15) is 24.0 Å². The number of carbonyl (C=O) groups excluding carboxylic acids is 4. The summed E-state index contributed by atoms with van der Waals surface area (Å²) in [6.07, 6.45) is 4.10. The van der Waals surface area contributed by atoms with Crippen molar-refractivity contribution in [1.29, 1.82) is 0 Å². The predicted octanol–water partition coefficient (Wildman–Crippen LogP) is 3.13. The fourth-order valence-electron chi connectivity index (χ4n) is 6.87. The zero-order valence-corrected chi connectivity index (χ0v) is 21.9. The van der Waals surface area contributed by atoms with Gasteiger partial charge in [0.25, 0.3) is 0 Å². The van der Waals surface area contributed by atoms with Gasteiger partial charge < -0.3 is 24.1 Å². The van der Waals surface area contributed by atoms with Gasteiger partial charge in [-0.2, -0.15) is 0 Å². The molecule has 2 aliphatic carbocycles. The zero-order chi connectivity index (χ0) is 27.7.